The smallest absolute Gasteiger partial charge is 0.422 e. The molecule has 0 fully saturated rings. The van der Waals surface area contributed by atoms with Crippen molar-refractivity contribution in [1.82, 2.24) is 4.98 Å². The molecule has 28 heavy (non-hydrogen) atoms. The van der Waals surface area contributed by atoms with Crippen LogP contribution in [0.4, 0.5) is 18.9 Å². The predicted molar refractivity (Wildman–Crippen MR) is 92.9 cm³/mol. The van der Waals surface area contributed by atoms with Gasteiger partial charge in [-0.1, -0.05) is 0 Å². The Morgan fingerprint density at radius 2 is 1.89 bits per heavy atom. The van der Waals surface area contributed by atoms with E-state index in [1.165, 1.54) is 24.3 Å². The molecular formula is C18H17F3N2O5. The Bertz CT molecular complexity index is 869. The highest BCUT2D eigenvalue weighted by Crippen LogP contribution is 2.28. The summed E-state index contributed by atoms with van der Waals surface area (Å²) in [4.78, 5) is 27.3. The molecule has 0 aliphatic carbocycles. The number of anilines is 1. The monoisotopic (exact) mass is 398 g/mol. The summed E-state index contributed by atoms with van der Waals surface area (Å²) in [5.74, 6) is -2.02. The van der Waals surface area contributed by atoms with Crippen LogP contribution in [0.25, 0.3) is 0 Å². The predicted octanol–water partition coefficient (Wildman–Crippen LogP) is 3.76. The Hall–Kier alpha value is -3.30. The maximum absolute atomic E-state index is 12.5. The van der Waals surface area contributed by atoms with Crippen molar-refractivity contribution < 1.29 is 37.3 Å². The summed E-state index contributed by atoms with van der Waals surface area (Å²) in [6.45, 7) is 1.96. The first-order chi connectivity index (χ1) is 13.0. The molecule has 0 radical (unpaired) electrons. The number of alkyl halides is 3. The molecule has 0 saturated heterocycles. The van der Waals surface area contributed by atoms with E-state index in [4.69, 9.17) is 9.84 Å². The van der Waals surface area contributed by atoms with Crippen molar-refractivity contribution in [3.8, 4) is 11.6 Å². The summed E-state index contributed by atoms with van der Waals surface area (Å²) in [5, 5.41) is 11.6. The highest BCUT2D eigenvalue weighted by atomic mass is 19.4. The summed E-state index contributed by atoms with van der Waals surface area (Å²) in [7, 11) is 0. The number of pyridine rings is 1. The molecule has 10 heteroatoms. The fourth-order valence-corrected chi connectivity index (χ4v) is 2.10. The Balaban J connectivity index is 2.24. The molecule has 150 valence electrons. The van der Waals surface area contributed by atoms with Crippen LogP contribution < -0.4 is 14.8 Å². The van der Waals surface area contributed by atoms with Crippen LogP contribution >= 0.6 is 0 Å². The minimum Gasteiger partial charge on any atom is -0.489 e. The number of amides is 1. The molecule has 0 bridgehead atoms. The molecule has 2 rings (SSSR count). The zero-order valence-electron chi connectivity index (χ0n) is 14.9. The quantitative estimate of drug-likeness (QED) is 0.737. The molecule has 0 spiro atoms. The lowest BCUT2D eigenvalue weighted by Gasteiger charge is -2.16. The van der Waals surface area contributed by atoms with E-state index in [1.54, 1.807) is 13.8 Å². The number of aromatic nitrogens is 1. The van der Waals surface area contributed by atoms with E-state index in [0.29, 0.717) is 0 Å². The summed E-state index contributed by atoms with van der Waals surface area (Å²) in [6.07, 6.45) is -3.66. The number of aromatic carboxylic acids is 1. The number of carboxylic acids is 1. The Morgan fingerprint density at radius 1 is 1.18 bits per heavy atom. The molecule has 2 N–H and O–H groups in total. The topological polar surface area (TPSA) is 97.8 Å². The molecule has 1 heterocycles. The summed E-state index contributed by atoms with van der Waals surface area (Å²) in [6, 6.07) is 6.28. The van der Waals surface area contributed by atoms with Crippen molar-refractivity contribution in [2.24, 2.45) is 0 Å². The van der Waals surface area contributed by atoms with E-state index < -0.39 is 24.7 Å². The number of carbonyl (C=O) groups is 2. The fourth-order valence-electron chi connectivity index (χ4n) is 2.10. The van der Waals surface area contributed by atoms with Crippen molar-refractivity contribution in [2.75, 3.05) is 11.9 Å². The maximum atomic E-state index is 12.5. The van der Waals surface area contributed by atoms with Gasteiger partial charge >= 0.3 is 12.1 Å². The number of carbonyl (C=O) groups excluding carboxylic acids is 1. The zero-order chi connectivity index (χ0) is 20.9. The van der Waals surface area contributed by atoms with Gasteiger partial charge in [-0.15, -0.1) is 0 Å². The van der Waals surface area contributed by atoms with Crippen molar-refractivity contribution in [2.45, 2.75) is 26.1 Å². The van der Waals surface area contributed by atoms with E-state index in [9.17, 15) is 22.8 Å². The zero-order valence-corrected chi connectivity index (χ0v) is 14.9. The van der Waals surface area contributed by atoms with Crippen molar-refractivity contribution in [3.05, 3.63) is 47.7 Å². The molecule has 2 aromatic rings. The second kappa shape index (κ2) is 8.59. The average Bonchev–Trinajstić information content (AvgIpc) is 2.60. The lowest BCUT2D eigenvalue weighted by atomic mass is 10.1. The van der Waals surface area contributed by atoms with Crippen LogP contribution in [0.15, 0.2) is 36.5 Å². The van der Waals surface area contributed by atoms with Gasteiger partial charge in [-0.2, -0.15) is 13.2 Å². The van der Waals surface area contributed by atoms with Gasteiger partial charge < -0.3 is 19.9 Å². The fraction of sp³-hybridized carbons (Fsp3) is 0.278. The van der Waals surface area contributed by atoms with Crippen LogP contribution in [0.3, 0.4) is 0 Å². The van der Waals surface area contributed by atoms with Gasteiger partial charge in [0.2, 0.25) is 5.88 Å². The number of ether oxygens (including phenoxy) is 2. The Labute approximate surface area is 158 Å². The molecule has 0 saturated carbocycles. The van der Waals surface area contributed by atoms with E-state index >= 15 is 0 Å². The van der Waals surface area contributed by atoms with Crippen LogP contribution in [0.5, 0.6) is 11.6 Å². The summed E-state index contributed by atoms with van der Waals surface area (Å²) in [5.41, 5.74) is 0.00639. The number of rotatable bonds is 7. The van der Waals surface area contributed by atoms with Gasteiger partial charge in [0.25, 0.3) is 5.91 Å². The Morgan fingerprint density at radius 3 is 2.50 bits per heavy atom. The van der Waals surface area contributed by atoms with Crippen molar-refractivity contribution in [1.29, 1.82) is 0 Å². The minimum absolute atomic E-state index is 0.0246. The molecule has 0 aliphatic heterocycles. The third-order valence-corrected chi connectivity index (χ3v) is 3.22. The summed E-state index contributed by atoms with van der Waals surface area (Å²) >= 11 is 0. The van der Waals surface area contributed by atoms with E-state index in [0.717, 1.165) is 12.3 Å². The number of nitrogens with zero attached hydrogens (tertiary/aromatic N) is 1. The van der Waals surface area contributed by atoms with Gasteiger partial charge in [-0.05, 0) is 38.1 Å². The summed E-state index contributed by atoms with van der Waals surface area (Å²) < 4.78 is 46.8. The van der Waals surface area contributed by atoms with Gasteiger partial charge in [-0.25, -0.2) is 9.78 Å². The highest BCUT2D eigenvalue weighted by Gasteiger charge is 2.28. The molecule has 1 aromatic carbocycles. The first-order valence-electron chi connectivity index (χ1n) is 8.06. The van der Waals surface area contributed by atoms with Crippen LogP contribution in [0.2, 0.25) is 0 Å². The van der Waals surface area contributed by atoms with Crippen LogP contribution in [-0.4, -0.2) is 40.9 Å². The van der Waals surface area contributed by atoms with Crippen molar-refractivity contribution in [3.63, 3.8) is 0 Å². The number of benzene rings is 1. The third kappa shape index (κ3) is 6.15. The molecule has 1 aromatic heterocycles. The van der Waals surface area contributed by atoms with E-state index in [-0.39, 0.29) is 34.5 Å². The van der Waals surface area contributed by atoms with Gasteiger partial charge in [0.05, 0.1) is 17.4 Å². The van der Waals surface area contributed by atoms with Gasteiger partial charge in [0.1, 0.15) is 5.75 Å². The normalized spacial score (nSPS) is 11.2. The SMILES string of the molecule is CC(C)Oc1ccc(C(=O)O)cc1NC(=O)c1ccnc(OCC(F)(F)F)c1. The van der Waals surface area contributed by atoms with Crippen LogP contribution in [0, 0.1) is 0 Å². The van der Waals surface area contributed by atoms with Crippen LogP contribution in [0.1, 0.15) is 34.6 Å². The second-order valence-electron chi connectivity index (χ2n) is 5.92. The molecule has 0 unspecified atom stereocenters. The number of hydrogen-bond donors (Lipinski definition) is 2. The third-order valence-electron chi connectivity index (χ3n) is 3.22. The van der Waals surface area contributed by atoms with E-state index in [1.807, 2.05) is 0 Å². The number of halogens is 3. The number of nitrogens with one attached hydrogen (secondary N) is 1. The first-order valence-corrected chi connectivity index (χ1v) is 8.06. The largest absolute Gasteiger partial charge is 0.489 e. The van der Waals surface area contributed by atoms with Gasteiger partial charge in [0, 0.05) is 17.8 Å². The second-order valence-corrected chi connectivity index (χ2v) is 5.92. The minimum atomic E-state index is -4.54. The first kappa shape index (κ1) is 21.0. The number of hydrogen-bond acceptors (Lipinski definition) is 5. The molecule has 7 nitrogen and oxygen atoms in total. The Kier molecular flexibility index (Phi) is 6.45. The molecule has 1 amide bonds. The van der Waals surface area contributed by atoms with Gasteiger partial charge in [-0.3, -0.25) is 4.79 Å². The van der Waals surface area contributed by atoms with Crippen molar-refractivity contribution >= 4 is 17.6 Å². The average molecular weight is 398 g/mol. The lowest BCUT2D eigenvalue weighted by Crippen LogP contribution is -2.20. The van der Waals surface area contributed by atoms with Crippen LogP contribution in [-0.2, 0) is 0 Å². The highest BCUT2D eigenvalue weighted by molar-refractivity contribution is 6.05. The molecule has 0 atom stereocenters. The van der Waals surface area contributed by atoms with Gasteiger partial charge in [0.15, 0.2) is 6.61 Å². The lowest BCUT2D eigenvalue weighted by molar-refractivity contribution is -0.154. The molecular weight excluding hydrogens is 381 g/mol. The standard InChI is InChI=1S/C18H17F3N2O5/c1-10(2)28-14-4-3-12(17(25)26)7-13(14)23-16(24)11-5-6-22-15(8-11)27-9-18(19,20)21/h3-8,10H,9H2,1-2H3,(H,23,24)(H,25,26). The number of carboxylic acid groups (broad SMARTS) is 1. The maximum Gasteiger partial charge on any atom is 0.422 e. The molecule has 0 aliphatic rings. The van der Waals surface area contributed by atoms with E-state index in [2.05, 4.69) is 15.0 Å².